The van der Waals surface area contributed by atoms with Gasteiger partial charge in [-0.05, 0) is 47.4 Å². The maximum atomic E-state index is 13.7. The van der Waals surface area contributed by atoms with Crippen LogP contribution < -0.4 is 0 Å². The minimum absolute atomic E-state index is 0.00764. The first-order valence-corrected chi connectivity index (χ1v) is 12.6. The Hall–Kier alpha value is -3.15. The second-order valence-electron chi connectivity index (χ2n) is 8.21. The molecule has 0 fully saturated rings. The van der Waals surface area contributed by atoms with Crippen LogP contribution in [0, 0.1) is 0 Å². The minimum Gasteiger partial charge on any atom is -0.464 e. The van der Waals surface area contributed by atoms with Crippen molar-refractivity contribution in [3.05, 3.63) is 124 Å². The maximum absolute atomic E-state index is 13.7. The van der Waals surface area contributed by atoms with Gasteiger partial charge in [-0.3, -0.25) is 4.79 Å². The Kier molecular flexibility index (Phi) is 5.69. The van der Waals surface area contributed by atoms with E-state index < -0.39 is 15.1 Å². The van der Waals surface area contributed by atoms with Gasteiger partial charge in [0.2, 0.25) is 0 Å². The Bertz CT molecular complexity index is 1390. The van der Waals surface area contributed by atoms with Crippen molar-refractivity contribution in [1.29, 1.82) is 0 Å². The summed E-state index contributed by atoms with van der Waals surface area (Å²) in [4.78, 5) is 13.1. The molecule has 4 nitrogen and oxygen atoms in total. The molecule has 166 valence electrons. The summed E-state index contributed by atoms with van der Waals surface area (Å²) in [7, 11) is -3.87. The number of carbonyl (C=O) groups excluding carboxylic acids is 1. The normalized spacial score (nSPS) is 16.9. The number of rotatable bonds is 5. The fraction of sp³-hybridized carbons (Fsp3) is 0.148. The van der Waals surface area contributed by atoms with Crippen LogP contribution in [-0.4, -0.2) is 14.2 Å². The number of benzene rings is 3. The number of hydrogen-bond acceptors (Lipinski definition) is 4. The van der Waals surface area contributed by atoms with Crippen molar-refractivity contribution in [2.24, 2.45) is 0 Å². The monoisotopic (exact) mass is 476 g/mol. The van der Waals surface area contributed by atoms with Gasteiger partial charge in [0.1, 0.15) is 16.8 Å². The summed E-state index contributed by atoms with van der Waals surface area (Å²) in [6, 6.07) is 26.5. The van der Waals surface area contributed by atoms with Gasteiger partial charge < -0.3 is 4.42 Å². The molecule has 33 heavy (non-hydrogen) atoms. The SMILES string of the molecule is O=C1CC(c2ccccc2)Cc2oc(C(c3ccccc3)S(=O)(=O)c3ccc(Cl)cc3)cc21. The standard InChI is InChI=1S/C27H21ClO4S/c28-21-11-13-22(14-12-21)33(30,31)27(19-9-5-2-6-10-19)26-17-23-24(29)15-20(16-25(23)32-26)18-7-3-1-4-8-18/h1-14,17,20,27H,15-16H2. The Balaban J connectivity index is 1.59. The lowest BCUT2D eigenvalue weighted by Gasteiger charge is -2.20. The fourth-order valence-electron chi connectivity index (χ4n) is 4.44. The van der Waals surface area contributed by atoms with Gasteiger partial charge in [-0.1, -0.05) is 72.3 Å². The first-order chi connectivity index (χ1) is 15.9. The third-order valence-electron chi connectivity index (χ3n) is 6.08. The van der Waals surface area contributed by atoms with Crippen molar-refractivity contribution in [3.63, 3.8) is 0 Å². The Morgan fingerprint density at radius 1 is 0.848 bits per heavy atom. The molecule has 2 atom stereocenters. The number of furan rings is 1. The topological polar surface area (TPSA) is 64.3 Å². The average Bonchev–Trinajstić information content (AvgIpc) is 3.24. The molecular weight excluding hydrogens is 456 g/mol. The second kappa shape index (κ2) is 8.65. The van der Waals surface area contributed by atoms with E-state index in [0.717, 1.165) is 5.56 Å². The molecular formula is C27H21ClO4S. The van der Waals surface area contributed by atoms with Crippen molar-refractivity contribution in [2.45, 2.75) is 28.9 Å². The van der Waals surface area contributed by atoms with Gasteiger partial charge in [-0.15, -0.1) is 0 Å². The number of sulfone groups is 1. The maximum Gasteiger partial charge on any atom is 0.192 e. The summed E-state index contributed by atoms with van der Waals surface area (Å²) in [5.74, 6) is 0.773. The van der Waals surface area contributed by atoms with E-state index >= 15 is 0 Å². The quantitative estimate of drug-likeness (QED) is 0.334. The van der Waals surface area contributed by atoms with Gasteiger partial charge in [0.05, 0.1) is 10.5 Å². The number of carbonyl (C=O) groups is 1. The second-order valence-corrected chi connectivity index (χ2v) is 10.7. The molecule has 0 aliphatic heterocycles. The number of halogens is 1. The highest BCUT2D eigenvalue weighted by Crippen LogP contribution is 2.41. The third kappa shape index (κ3) is 4.14. The molecule has 0 saturated carbocycles. The van der Waals surface area contributed by atoms with Gasteiger partial charge in [-0.2, -0.15) is 0 Å². The van der Waals surface area contributed by atoms with E-state index in [-0.39, 0.29) is 22.4 Å². The summed E-state index contributed by atoms with van der Waals surface area (Å²) in [5, 5.41) is -0.621. The van der Waals surface area contributed by atoms with E-state index in [4.69, 9.17) is 16.0 Å². The lowest BCUT2D eigenvalue weighted by molar-refractivity contribution is 0.0960. The summed E-state index contributed by atoms with van der Waals surface area (Å²) in [6.45, 7) is 0. The zero-order chi connectivity index (χ0) is 23.0. The van der Waals surface area contributed by atoms with Gasteiger partial charge in [0.15, 0.2) is 15.6 Å². The highest BCUT2D eigenvalue weighted by atomic mass is 35.5. The molecule has 6 heteroatoms. The zero-order valence-electron chi connectivity index (χ0n) is 17.6. The van der Waals surface area contributed by atoms with Crippen LogP contribution in [0.15, 0.2) is 100 Å². The third-order valence-corrected chi connectivity index (χ3v) is 8.38. The molecule has 1 aliphatic rings. The predicted molar refractivity (Wildman–Crippen MR) is 127 cm³/mol. The predicted octanol–water partition coefficient (Wildman–Crippen LogP) is 6.41. The Labute approximate surface area is 197 Å². The van der Waals surface area contributed by atoms with Crippen LogP contribution in [0.3, 0.4) is 0 Å². The smallest absolute Gasteiger partial charge is 0.192 e. The summed E-state index contributed by atoms with van der Waals surface area (Å²) in [5.41, 5.74) is 2.12. The van der Waals surface area contributed by atoms with Gasteiger partial charge >= 0.3 is 0 Å². The summed E-state index contributed by atoms with van der Waals surface area (Å²) >= 11 is 5.97. The molecule has 0 saturated heterocycles. The van der Waals surface area contributed by atoms with Crippen molar-refractivity contribution in [1.82, 2.24) is 0 Å². The molecule has 0 amide bonds. The van der Waals surface area contributed by atoms with Crippen LogP contribution >= 0.6 is 11.6 Å². The average molecular weight is 477 g/mol. The van der Waals surface area contributed by atoms with Crippen molar-refractivity contribution in [2.75, 3.05) is 0 Å². The highest BCUT2D eigenvalue weighted by Gasteiger charge is 2.37. The first kappa shape index (κ1) is 21.7. The lowest BCUT2D eigenvalue weighted by Crippen LogP contribution is -2.17. The van der Waals surface area contributed by atoms with Crippen LogP contribution in [0.2, 0.25) is 5.02 Å². The van der Waals surface area contributed by atoms with Crippen molar-refractivity contribution >= 4 is 27.2 Å². The van der Waals surface area contributed by atoms with Crippen LogP contribution in [-0.2, 0) is 16.3 Å². The molecule has 1 heterocycles. The minimum atomic E-state index is -3.87. The molecule has 0 bridgehead atoms. The number of ketones is 1. The lowest BCUT2D eigenvalue weighted by atomic mass is 9.83. The number of fused-ring (bicyclic) bond motifs is 1. The Morgan fingerprint density at radius 3 is 2.15 bits per heavy atom. The first-order valence-electron chi connectivity index (χ1n) is 10.7. The van der Waals surface area contributed by atoms with E-state index in [0.29, 0.717) is 34.8 Å². The van der Waals surface area contributed by atoms with Gasteiger partial charge in [-0.25, -0.2) is 8.42 Å². The number of hydrogen-bond donors (Lipinski definition) is 0. The molecule has 5 rings (SSSR count). The van der Waals surface area contributed by atoms with Crippen molar-refractivity contribution in [3.8, 4) is 0 Å². The number of Topliss-reactive ketones (excluding diaryl/α,β-unsaturated/α-hetero) is 1. The fourth-order valence-corrected chi connectivity index (χ4v) is 6.29. The Morgan fingerprint density at radius 2 is 1.48 bits per heavy atom. The van der Waals surface area contributed by atoms with E-state index in [2.05, 4.69) is 0 Å². The van der Waals surface area contributed by atoms with E-state index in [1.165, 1.54) is 12.1 Å². The summed E-state index contributed by atoms with van der Waals surface area (Å²) < 4.78 is 33.6. The highest BCUT2D eigenvalue weighted by molar-refractivity contribution is 7.91. The van der Waals surface area contributed by atoms with Crippen LogP contribution in [0.25, 0.3) is 0 Å². The molecule has 4 aromatic rings. The molecule has 1 aliphatic carbocycles. The van der Waals surface area contributed by atoms with E-state index in [9.17, 15) is 13.2 Å². The molecule has 1 aromatic heterocycles. The van der Waals surface area contributed by atoms with E-state index in [1.807, 2.05) is 36.4 Å². The van der Waals surface area contributed by atoms with E-state index in [1.54, 1.807) is 42.5 Å². The zero-order valence-corrected chi connectivity index (χ0v) is 19.2. The van der Waals surface area contributed by atoms with Crippen molar-refractivity contribution < 1.29 is 17.6 Å². The molecule has 2 unspecified atom stereocenters. The molecule has 3 aromatic carbocycles. The van der Waals surface area contributed by atoms with Gasteiger partial charge in [0, 0.05) is 17.9 Å². The van der Waals surface area contributed by atoms with Crippen LogP contribution in [0.1, 0.15) is 50.6 Å². The van der Waals surface area contributed by atoms with Gasteiger partial charge in [0.25, 0.3) is 0 Å². The summed E-state index contributed by atoms with van der Waals surface area (Å²) in [6.07, 6.45) is 0.920. The molecule has 0 spiro atoms. The van der Waals surface area contributed by atoms with Crippen LogP contribution in [0.5, 0.6) is 0 Å². The molecule has 0 N–H and O–H groups in total. The largest absolute Gasteiger partial charge is 0.464 e. The van der Waals surface area contributed by atoms with Crippen LogP contribution in [0.4, 0.5) is 0 Å². The molecule has 0 radical (unpaired) electrons.